The van der Waals surface area contributed by atoms with Gasteiger partial charge in [0.2, 0.25) is 0 Å². The van der Waals surface area contributed by atoms with Crippen LogP contribution in [0.3, 0.4) is 0 Å². The Bertz CT molecular complexity index is 173. The summed E-state index contributed by atoms with van der Waals surface area (Å²) < 4.78 is 4.53. The first-order valence-electron chi connectivity index (χ1n) is 4.31. The lowest BCUT2D eigenvalue weighted by Crippen LogP contribution is -2.27. The van der Waals surface area contributed by atoms with Crippen LogP contribution in [0.25, 0.3) is 0 Å². The van der Waals surface area contributed by atoms with Gasteiger partial charge >= 0.3 is 6.09 Å². The maximum absolute atomic E-state index is 11.0. The Labute approximate surface area is 82.4 Å². The van der Waals surface area contributed by atoms with Gasteiger partial charge in [-0.05, 0) is 13.3 Å². The summed E-state index contributed by atoms with van der Waals surface area (Å²) in [5, 5.41) is 1.76. The Balaban J connectivity index is 3.44. The van der Waals surface area contributed by atoms with E-state index in [0.717, 1.165) is 30.4 Å². The van der Waals surface area contributed by atoms with Crippen LogP contribution in [0, 0.1) is 0 Å². The van der Waals surface area contributed by atoms with E-state index in [1.165, 1.54) is 0 Å². The topological polar surface area (TPSA) is 55.4 Å². The average molecular weight is 205 g/mol. The van der Waals surface area contributed by atoms with Crippen LogP contribution < -0.4 is 5.32 Å². The van der Waals surface area contributed by atoms with Crippen molar-refractivity contribution < 1.29 is 14.3 Å². The van der Waals surface area contributed by atoms with Gasteiger partial charge in [-0.1, -0.05) is 25.1 Å². The molecule has 5 heteroatoms. The van der Waals surface area contributed by atoms with Crippen molar-refractivity contribution in [2.45, 2.75) is 26.7 Å². The highest BCUT2D eigenvalue weighted by Gasteiger charge is 2.07. The summed E-state index contributed by atoms with van der Waals surface area (Å²) in [6, 6.07) is 0. The van der Waals surface area contributed by atoms with Crippen molar-refractivity contribution in [3.05, 3.63) is 0 Å². The molecule has 0 aliphatic rings. The minimum absolute atomic E-state index is 0.277. The molecule has 0 heterocycles. The molecule has 4 nitrogen and oxygen atoms in total. The monoisotopic (exact) mass is 205 g/mol. The second-order valence-electron chi connectivity index (χ2n) is 2.33. The summed E-state index contributed by atoms with van der Waals surface area (Å²) in [7, 11) is 0. The lowest BCUT2D eigenvalue weighted by molar-refractivity contribution is 0.155. The number of alkyl carbamates (subject to hydrolysis) is 1. The largest absolute Gasteiger partial charge is 0.450 e. The predicted octanol–water partition coefficient (Wildman–Crippen LogP) is 2.39. The molecule has 0 rings (SSSR count). The van der Waals surface area contributed by atoms with Crippen LogP contribution in [0.2, 0.25) is 0 Å². The molecule has 0 radical (unpaired) electrons. The second kappa shape index (κ2) is 7.91. The smallest absolute Gasteiger partial charge is 0.414 e. The molecule has 0 saturated heterocycles. The van der Waals surface area contributed by atoms with Crippen LogP contribution >= 0.6 is 11.8 Å². The Morgan fingerprint density at radius 2 is 2.08 bits per heavy atom. The molecular formula is C8H15NO3S. The van der Waals surface area contributed by atoms with E-state index >= 15 is 0 Å². The zero-order valence-corrected chi connectivity index (χ0v) is 8.78. The summed E-state index contributed by atoms with van der Waals surface area (Å²) in [6.07, 6.45) is 1.34. The maximum Gasteiger partial charge on any atom is 0.414 e. The van der Waals surface area contributed by atoms with Gasteiger partial charge in [0, 0.05) is 5.75 Å². The first-order valence-corrected chi connectivity index (χ1v) is 5.29. The first kappa shape index (κ1) is 12.3. The van der Waals surface area contributed by atoms with E-state index in [1.54, 1.807) is 6.92 Å². The molecule has 0 saturated carbocycles. The van der Waals surface area contributed by atoms with Gasteiger partial charge in [-0.25, -0.2) is 4.79 Å². The number of amides is 2. The third kappa shape index (κ3) is 7.64. The minimum Gasteiger partial charge on any atom is -0.450 e. The van der Waals surface area contributed by atoms with Crippen molar-refractivity contribution in [3.8, 4) is 0 Å². The number of ether oxygens (including phenoxy) is 1. The predicted molar refractivity (Wildman–Crippen MR) is 52.9 cm³/mol. The Morgan fingerprint density at radius 1 is 1.38 bits per heavy atom. The highest BCUT2D eigenvalue weighted by Crippen LogP contribution is 2.04. The molecule has 0 fully saturated rings. The number of imide groups is 1. The van der Waals surface area contributed by atoms with E-state index in [9.17, 15) is 9.59 Å². The third-order valence-corrected chi connectivity index (χ3v) is 2.07. The molecule has 0 atom stereocenters. The van der Waals surface area contributed by atoms with Gasteiger partial charge in [-0.3, -0.25) is 10.1 Å². The van der Waals surface area contributed by atoms with Gasteiger partial charge in [0.05, 0.1) is 6.61 Å². The number of carbonyl (C=O) groups excluding carboxylic acids is 2. The molecule has 2 amide bonds. The molecular weight excluding hydrogens is 190 g/mol. The van der Waals surface area contributed by atoms with Crippen molar-refractivity contribution in [2.24, 2.45) is 0 Å². The molecule has 0 aromatic carbocycles. The molecule has 0 aliphatic carbocycles. The molecule has 0 unspecified atom stereocenters. The summed E-state index contributed by atoms with van der Waals surface area (Å²) in [5.41, 5.74) is 0. The average Bonchev–Trinajstić information content (AvgIpc) is 2.05. The molecule has 0 aliphatic heterocycles. The number of unbranched alkanes of at least 4 members (excludes halogenated alkanes) is 1. The molecule has 0 bridgehead atoms. The Hall–Kier alpha value is -0.710. The quantitative estimate of drug-likeness (QED) is 0.716. The summed E-state index contributed by atoms with van der Waals surface area (Å²) in [4.78, 5) is 21.7. The molecule has 13 heavy (non-hydrogen) atoms. The number of hydrogen-bond acceptors (Lipinski definition) is 4. The first-order chi connectivity index (χ1) is 6.20. The van der Waals surface area contributed by atoms with Crippen molar-refractivity contribution >= 4 is 23.1 Å². The molecule has 76 valence electrons. The fraction of sp³-hybridized carbons (Fsp3) is 0.750. The Kier molecular flexibility index (Phi) is 7.48. The van der Waals surface area contributed by atoms with E-state index in [2.05, 4.69) is 10.1 Å². The van der Waals surface area contributed by atoms with E-state index in [0.29, 0.717) is 0 Å². The normalized spacial score (nSPS) is 9.38. The van der Waals surface area contributed by atoms with Gasteiger partial charge in [0.25, 0.3) is 5.24 Å². The number of rotatable bonds is 4. The molecule has 0 aromatic rings. The van der Waals surface area contributed by atoms with Gasteiger partial charge in [0.15, 0.2) is 0 Å². The Morgan fingerprint density at radius 3 is 2.62 bits per heavy atom. The van der Waals surface area contributed by atoms with Gasteiger partial charge < -0.3 is 4.74 Å². The van der Waals surface area contributed by atoms with Gasteiger partial charge in [-0.15, -0.1) is 0 Å². The number of nitrogens with one attached hydrogen (secondary N) is 1. The van der Waals surface area contributed by atoms with Crippen LogP contribution in [0.5, 0.6) is 0 Å². The zero-order valence-electron chi connectivity index (χ0n) is 7.96. The standard InChI is InChI=1S/C8H15NO3S/c1-3-5-6-13-8(11)9-7(10)12-4-2/h3-6H2,1-2H3,(H,9,10,11). The van der Waals surface area contributed by atoms with E-state index in [1.807, 2.05) is 6.92 Å². The van der Waals surface area contributed by atoms with Crippen molar-refractivity contribution in [3.63, 3.8) is 0 Å². The van der Waals surface area contributed by atoms with Crippen LogP contribution in [-0.2, 0) is 4.74 Å². The number of hydrogen-bond donors (Lipinski definition) is 1. The van der Waals surface area contributed by atoms with Crippen molar-refractivity contribution in [2.75, 3.05) is 12.4 Å². The van der Waals surface area contributed by atoms with Gasteiger partial charge in [0.1, 0.15) is 0 Å². The maximum atomic E-state index is 11.0. The zero-order chi connectivity index (χ0) is 10.1. The summed E-state index contributed by atoms with van der Waals surface area (Å²) in [5.74, 6) is 0.738. The van der Waals surface area contributed by atoms with Crippen molar-refractivity contribution in [1.29, 1.82) is 0 Å². The lowest BCUT2D eigenvalue weighted by Gasteiger charge is -2.02. The molecule has 0 spiro atoms. The summed E-state index contributed by atoms with van der Waals surface area (Å²) >= 11 is 1.10. The summed E-state index contributed by atoms with van der Waals surface area (Å²) in [6.45, 7) is 4.01. The fourth-order valence-corrected chi connectivity index (χ4v) is 1.37. The lowest BCUT2D eigenvalue weighted by atomic mass is 10.4. The fourth-order valence-electron chi connectivity index (χ4n) is 0.596. The highest BCUT2D eigenvalue weighted by atomic mass is 32.2. The molecule has 1 N–H and O–H groups in total. The SMILES string of the molecule is CCCCSC(=O)NC(=O)OCC. The number of carbonyl (C=O) groups is 2. The van der Waals surface area contributed by atoms with E-state index < -0.39 is 6.09 Å². The van der Waals surface area contributed by atoms with Crippen LogP contribution in [0.4, 0.5) is 9.59 Å². The van der Waals surface area contributed by atoms with Crippen LogP contribution in [0.15, 0.2) is 0 Å². The van der Waals surface area contributed by atoms with E-state index in [4.69, 9.17) is 0 Å². The third-order valence-electron chi connectivity index (χ3n) is 1.21. The van der Waals surface area contributed by atoms with Crippen LogP contribution in [-0.4, -0.2) is 23.7 Å². The second-order valence-corrected chi connectivity index (χ2v) is 3.40. The van der Waals surface area contributed by atoms with E-state index in [-0.39, 0.29) is 11.8 Å². The van der Waals surface area contributed by atoms with Gasteiger partial charge in [-0.2, -0.15) is 0 Å². The van der Waals surface area contributed by atoms with Crippen LogP contribution in [0.1, 0.15) is 26.7 Å². The highest BCUT2D eigenvalue weighted by molar-refractivity contribution is 8.13. The number of thioether (sulfide) groups is 1. The van der Waals surface area contributed by atoms with Crippen molar-refractivity contribution in [1.82, 2.24) is 5.32 Å². The molecule has 0 aromatic heterocycles. The minimum atomic E-state index is -0.670.